The van der Waals surface area contributed by atoms with Crippen molar-refractivity contribution in [1.29, 1.82) is 0 Å². The SMILES string of the molecule is CC(C)COC(=O)c1cncn1[C@H](C)c1cccc(F)c1. The summed E-state index contributed by atoms with van der Waals surface area (Å²) in [5.74, 6) is -0.446. The highest BCUT2D eigenvalue weighted by molar-refractivity contribution is 5.87. The molecule has 0 N–H and O–H groups in total. The van der Waals surface area contributed by atoms with Gasteiger partial charge in [-0.1, -0.05) is 26.0 Å². The number of benzene rings is 1. The van der Waals surface area contributed by atoms with E-state index >= 15 is 0 Å². The molecule has 1 heterocycles. The molecule has 1 atom stereocenters. The Morgan fingerprint density at radius 3 is 2.81 bits per heavy atom. The van der Waals surface area contributed by atoms with Crippen LogP contribution in [0.3, 0.4) is 0 Å². The molecule has 4 nitrogen and oxygen atoms in total. The molecular formula is C16H19FN2O2. The Labute approximate surface area is 123 Å². The largest absolute Gasteiger partial charge is 0.461 e. The van der Waals surface area contributed by atoms with Gasteiger partial charge in [0, 0.05) is 0 Å². The molecule has 5 heteroatoms. The Bertz CT molecular complexity index is 622. The van der Waals surface area contributed by atoms with E-state index in [1.54, 1.807) is 17.0 Å². The molecule has 0 bridgehead atoms. The number of carbonyl (C=O) groups excluding carboxylic acids is 1. The normalized spacial score (nSPS) is 12.4. The van der Waals surface area contributed by atoms with Crippen molar-refractivity contribution in [2.45, 2.75) is 26.8 Å². The first kappa shape index (κ1) is 15.2. The lowest BCUT2D eigenvalue weighted by atomic mass is 10.1. The second-order valence-corrected chi connectivity index (χ2v) is 5.41. The fraction of sp³-hybridized carbons (Fsp3) is 0.375. The average Bonchev–Trinajstić information content (AvgIpc) is 2.93. The molecule has 2 aromatic rings. The number of imidazole rings is 1. The minimum atomic E-state index is -0.413. The molecule has 0 aliphatic rings. The van der Waals surface area contributed by atoms with Crippen molar-refractivity contribution in [2.24, 2.45) is 5.92 Å². The van der Waals surface area contributed by atoms with Gasteiger partial charge in [0.25, 0.3) is 0 Å². The third kappa shape index (κ3) is 3.68. The van der Waals surface area contributed by atoms with Crippen LogP contribution in [0, 0.1) is 11.7 Å². The van der Waals surface area contributed by atoms with E-state index < -0.39 is 5.97 Å². The smallest absolute Gasteiger partial charge is 0.356 e. The van der Waals surface area contributed by atoms with Gasteiger partial charge in [-0.15, -0.1) is 0 Å². The Morgan fingerprint density at radius 1 is 1.38 bits per heavy atom. The fourth-order valence-corrected chi connectivity index (χ4v) is 2.01. The molecule has 112 valence electrons. The topological polar surface area (TPSA) is 44.1 Å². The van der Waals surface area contributed by atoms with Gasteiger partial charge in [-0.3, -0.25) is 0 Å². The number of halogens is 1. The highest BCUT2D eigenvalue weighted by Crippen LogP contribution is 2.20. The zero-order chi connectivity index (χ0) is 15.4. The highest BCUT2D eigenvalue weighted by atomic mass is 19.1. The summed E-state index contributed by atoms with van der Waals surface area (Å²) in [5.41, 5.74) is 1.14. The number of esters is 1. The maximum atomic E-state index is 13.3. The van der Waals surface area contributed by atoms with Crippen LogP contribution in [-0.2, 0) is 4.74 Å². The van der Waals surface area contributed by atoms with Crippen molar-refractivity contribution < 1.29 is 13.9 Å². The van der Waals surface area contributed by atoms with E-state index in [2.05, 4.69) is 4.98 Å². The lowest BCUT2D eigenvalue weighted by Crippen LogP contribution is -2.17. The van der Waals surface area contributed by atoms with Crippen molar-refractivity contribution in [3.63, 3.8) is 0 Å². The van der Waals surface area contributed by atoms with Crippen LogP contribution < -0.4 is 0 Å². The van der Waals surface area contributed by atoms with E-state index in [1.165, 1.54) is 18.3 Å². The molecule has 0 saturated carbocycles. The molecule has 0 spiro atoms. The van der Waals surface area contributed by atoms with Crippen molar-refractivity contribution in [3.8, 4) is 0 Å². The molecule has 1 aromatic heterocycles. The molecule has 0 unspecified atom stereocenters. The molecule has 1 aromatic carbocycles. The van der Waals surface area contributed by atoms with Gasteiger partial charge < -0.3 is 9.30 Å². The lowest BCUT2D eigenvalue weighted by molar-refractivity contribution is 0.0445. The Balaban J connectivity index is 2.21. The van der Waals surface area contributed by atoms with E-state index in [9.17, 15) is 9.18 Å². The minimum Gasteiger partial charge on any atom is -0.461 e. The first-order chi connectivity index (χ1) is 9.99. The number of aromatic nitrogens is 2. The number of ether oxygens (including phenoxy) is 1. The van der Waals surface area contributed by atoms with Gasteiger partial charge in [-0.2, -0.15) is 0 Å². The number of carbonyl (C=O) groups is 1. The first-order valence-electron chi connectivity index (χ1n) is 6.93. The average molecular weight is 290 g/mol. The van der Waals surface area contributed by atoms with E-state index in [4.69, 9.17) is 4.74 Å². The monoisotopic (exact) mass is 290 g/mol. The number of rotatable bonds is 5. The maximum Gasteiger partial charge on any atom is 0.356 e. The summed E-state index contributed by atoms with van der Waals surface area (Å²) in [5, 5.41) is 0. The standard InChI is InChI=1S/C16H19FN2O2/c1-11(2)9-21-16(20)15-8-18-10-19(15)12(3)13-5-4-6-14(17)7-13/h4-8,10-12H,9H2,1-3H3/t12-/m1/s1. The van der Waals surface area contributed by atoms with Crippen LogP contribution in [0.1, 0.15) is 42.9 Å². The maximum absolute atomic E-state index is 13.3. The van der Waals surface area contributed by atoms with Crippen LogP contribution in [0.4, 0.5) is 4.39 Å². The molecule has 0 radical (unpaired) electrons. The number of hydrogen-bond acceptors (Lipinski definition) is 3. The van der Waals surface area contributed by atoms with Gasteiger partial charge in [0.05, 0.1) is 25.2 Å². The van der Waals surface area contributed by atoms with Crippen molar-refractivity contribution in [3.05, 3.63) is 53.9 Å². The van der Waals surface area contributed by atoms with Crippen LogP contribution in [0.25, 0.3) is 0 Å². The van der Waals surface area contributed by atoms with Gasteiger partial charge in [0.2, 0.25) is 0 Å². The second kappa shape index (κ2) is 6.52. The quantitative estimate of drug-likeness (QED) is 0.792. The van der Waals surface area contributed by atoms with E-state index in [-0.39, 0.29) is 17.8 Å². The van der Waals surface area contributed by atoms with Gasteiger partial charge in [-0.25, -0.2) is 14.2 Å². The molecular weight excluding hydrogens is 271 g/mol. The predicted octanol–water partition coefficient (Wildman–Crippen LogP) is 3.44. The zero-order valence-corrected chi connectivity index (χ0v) is 12.4. The molecule has 2 rings (SSSR count). The predicted molar refractivity (Wildman–Crippen MR) is 77.6 cm³/mol. The summed E-state index contributed by atoms with van der Waals surface area (Å²) in [7, 11) is 0. The third-order valence-corrected chi connectivity index (χ3v) is 3.17. The Hall–Kier alpha value is -2.17. The van der Waals surface area contributed by atoms with Crippen molar-refractivity contribution >= 4 is 5.97 Å². The van der Waals surface area contributed by atoms with Crippen LogP contribution in [-0.4, -0.2) is 22.1 Å². The molecule has 21 heavy (non-hydrogen) atoms. The minimum absolute atomic E-state index is 0.204. The van der Waals surface area contributed by atoms with Crippen LogP contribution >= 0.6 is 0 Å². The summed E-state index contributed by atoms with van der Waals surface area (Å²) < 4.78 is 20.2. The van der Waals surface area contributed by atoms with E-state index in [0.29, 0.717) is 12.3 Å². The van der Waals surface area contributed by atoms with Crippen LogP contribution in [0.15, 0.2) is 36.8 Å². The molecule has 0 saturated heterocycles. The Morgan fingerprint density at radius 2 is 2.14 bits per heavy atom. The van der Waals surface area contributed by atoms with E-state index in [0.717, 1.165) is 5.56 Å². The number of hydrogen-bond donors (Lipinski definition) is 0. The van der Waals surface area contributed by atoms with Gasteiger partial charge in [0.15, 0.2) is 0 Å². The number of nitrogens with zero attached hydrogens (tertiary/aromatic N) is 2. The summed E-state index contributed by atoms with van der Waals surface area (Å²) in [6.07, 6.45) is 3.03. The molecule has 0 fully saturated rings. The summed E-state index contributed by atoms with van der Waals surface area (Å²) in [6, 6.07) is 6.10. The van der Waals surface area contributed by atoms with Crippen molar-refractivity contribution in [1.82, 2.24) is 9.55 Å². The first-order valence-corrected chi connectivity index (χ1v) is 6.93. The summed E-state index contributed by atoms with van der Waals surface area (Å²) >= 11 is 0. The van der Waals surface area contributed by atoms with Crippen molar-refractivity contribution in [2.75, 3.05) is 6.61 Å². The Kier molecular flexibility index (Phi) is 4.73. The van der Waals surface area contributed by atoms with Gasteiger partial charge in [0.1, 0.15) is 11.5 Å². The van der Waals surface area contributed by atoms with Crippen LogP contribution in [0.5, 0.6) is 0 Å². The van der Waals surface area contributed by atoms with E-state index in [1.807, 2.05) is 26.8 Å². The molecule has 0 aliphatic carbocycles. The molecule has 0 aliphatic heterocycles. The van der Waals surface area contributed by atoms with Gasteiger partial charge >= 0.3 is 5.97 Å². The third-order valence-electron chi connectivity index (χ3n) is 3.17. The fourth-order valence-electron chi connectivity index (χ4n) is 2.01. The summed E-state index contributed by atoms with van der Waals surface area (Å²) in [4.78, 5) is 16.1. The molecule has 0 amide bonds. The zero-order valence-electron chi connectivity index (χ0n) is 12.4. The van der Waals surface area contributed by atoms with Gasteiger partial charge in [-0.05, 0) is 30.5 Å². The lowest BCUT2D eigenvalue weighted by Gasteiger charge is -2.17. The summed E-state index contributed by atoms with van der Waals surface area (Å²) in [6.45, 7) is 6.19. The van der Waals surface area contributed by atoms with Crippen LogP contribution in [0.2, 0.25) is 0 Å². The second-order valence-electron chi connectivity index (χ2n) is 5.41. The highest BCUT2D eigenvalue weighted by Gasteiger charge is 2.18.